The Kier molecular flexibility index (Phi) is 4.70. The molecule has 0 aromatic heterocycles. The molecule has 0 unspecified atom stereocenters. The summed E-state index contributed by atoms with van der Waals surface area (Å²) in [7, 11) is -1.07. The Labute approximate surface area is 111 Å². The first-order valence-corrected chi connectivity index (χ1v) is 8.78. The van der Waals surface area contributed by atoms with Crippen LogP contribution < -0.4 is 0 Å². The van der Waals surface area contributed by atoms with Crippen LogP contribution in [0.15, 0.2) is 0 Å². The van der Waals surface area contributed by atoms with Crippen LogP contribution in [0.1, 0.15) is 27.7 Å². The molecule has 0 atom stereocenters. The first kappa shape index (κ1) is 15.3. The topological polar surface area (TPSA) is 46.6 Å². The molecule has 1 rings (SSSR count). The van der Waals surface area contributed by atoms with E-state index in [0.29, 0.717) is 6.61 Å². The van der Waals surface area contributed by atoms with E-state index < -0.39 is 14.8 Å². The molecule has 1 amide bonds. The monoisotopic (exact) mass is 275 g/mol. The summed E-state index contributed by atoms with van der Waals surface area (Å²) in [6.45, 7) is 9.39. The number of hydrogen-bond acceptors (Lipinski definition) is 3. The van der Waals surface area contributed by atoms with Gasteiger partial charge in [-0.3, -0.25) is 9.59 Å². The van der Waals surface area contributed by atoms with Crippen LogP contribution in [0.25, 0.3) is 0 Å². The third-order valence-electron chi connectivity index (χ3n) is 4.07. The highest BCUT2D eigenvalue weighted by atomic mass is 32.3. The van der Waals surface area contributed by atoms with Crippen LogP contribution in [0.5, 0.6) is 0 Å². The van der Waals surface area contributed by atoms with E-state index in [1.165, 1.54) is 0 Å². The zero-order valence-corrected chi connectivity index (χ0v) is 12.9. The molecular formula is C13H25NO3S. The number of nitrogens with zero attached hydrogens (tertiary/aromatic N) is 1. The van der Waals surface area contributed by atoms with Crippen LogP contribution in [-0.4, -0.2) is 59.0 Å². The van der Waals surface area contributed by atoms with E-state index in [1.54, 1.807) is 6.92 Å². The summed E-state index contributed by atoms with van der Waals surface area (Å²) in [5.74, 6) is 1.89. The highest BCUT2D eigenvalue weighted by molar-refractivity contribution is 8.34. The first-order chi connectivity index (χ1) is 8.24. The molecule has 1 aliphatic heterocycles. The summed E-state index contributed by atoms with van der Waals surface area (Å²) in [6.07, 6.45) is 2.21. The Bertz CT molecular complexity index is 333. The number of hydrogen-bond donors (Lipinski definition) is 0. The smallest absolute Gasteiger partial charge is 0.320 e. The summed E-state index contributed by atoms with van der Waals surface area (Å²) in [5.41, 5.74) is 0. The quantitative estimate of drug-likeness (QED) is 0.735. The van der Waals surface area contributed by atoms with E-state index in [0.717, 1.165) is 24.6 Å². The van der Waals surface area contributed by atoms with E-state index >= 15 is 0 Å². The summed E-state index contributed by atoms with van der Waals surface area (Å²) in [5, 5.41) is 0. The Balaban J connectivity index is 2.76. The fraction of sp³-hybridized carbons (Fsp3) is 0.846. The molecule has 106 valence electrons. The standard InChI is InChI=1S/C13H25NO3S/c1-6-17-12(16)13(3,4)18(5)9-7-14(8-10-18)11(2)15/h6-10H2,1-5H3. The third-order valence-corrected chi connectivity index (χ3v) is 8.87. The molecule has 0 bridgehead atoms. The Morgan fingerprint density at radius 1 is 1.28 bits per heavy atom. The second-order valence-electron chi connectivity index (χ2n) is 5.42. The maximum absolute atomic E-state index is 12.1. The van der Waals surface area contributed by atoms with Crippen molar-refractivity contribution in [2.24, 2.45) is 0 Å². The lowest BCUT2D eigenvalue weighted by Crippen LogP contribution is -2.49. The van der Waals surface area contributed by atoms with Crippen molar-refractivity contribution in [1.82, 2.24) is 4.90 Å². The van der Waals surface area contributed by atoms with Gasteiger partial charge < -0.3 is 9.64 Å². The number of ether oxygens (including phenoxy) is 1. The van der Waals surface area contributed by atoms with Gasteiger partial charge in [0.25, 0.3) is 0 Å². The molecule has 4 nitrogen and oxygen atoms in total. The fourth-order valence-electron chi connectivity index (χ4n) is 2.17. The van der Waals surface area contributed by atoms with Gasteiger partial charge in [-0.2, -0.15) is 0 Å². The second-order valence-corrected chi connectivity index (χ2v) is 9.81. The Morgan fingerprint density at radius 2 is 1.78 bits per heavy atom. The van der Waals surface area contributed by atoms with Crippen molar-refractivity contribution in [3.8, 4) is 0 Å². The van der Waals surface area contributed by atoms with Gasteiger partial charge in [-0.05, 0) is 38.5 Å². The van der Waals surface area contributed by atoms with Crippen molar-refractivity contribution in [1.29, 1.82) is 0 Å². The second kappa shape index (κ2) is 5.51. The highest BCUT2D eigenvalue weighted by Gasteiger charge is 2.45. The van der Waals surface area contributed by atoms with E-state index in [1.807, 2.05) is 25.7 Å². The number of amides is 1. The number of carbonyl (C=O) groups is 2. The molecular weight excluding hydrogens is 250 g/mol. The molecule has 1 saturated heterocycles. The minimum atomic E-state index is -1.07. The van der Waals surface area contributed by atoms with Gasteiger partial charge in [0.2, 0.25) is 5.91 Å². The van der Waals surface area contributed by atoms with Crippen molar-refractivity contribution in [2.45, 2.75) is 32.4 Å². The summed E-state index contributed by atoms with van der Waals surface area (Å²) in [6, 6.07) is 0. The molecule has 0 spiro atoms. The van der Waals surface area contributed by atoms with Gasteiger partial charge in [0, 0.05) is 20.0 Å². The van der Waals surface area contributed by atoms with Crippen molar-refractivity contribution < 1.29 is 14.3 Å². The normalized spacial score (nSPS) is 21.3. The maximum Gasteiger partial charge on any atom is 0.320 e. The highest BCUT2D eigenvalue weighted by Crippen LogP contribution is 2.57. The van der Waals surface area contributed by atoms with Crippen molar-refractivity contribution in [3.05, 3.63) is 0 Å². The molecule has 0 saturated carbocycles. The SMILES string of the molecule is CCOC(=O)C(C)(C)S1(C)CCN(C(C)=O)CC1. The van der Waals surface area contributed by atoms with Gasteiger partial charge in [0.1, 0.15) is 0 Å². The summed E-state index contributed by atoms with van der Waals surface area (Å²) < 4.78 is 4.78. The average molecular weight is 275 g/mol. The van der Waals surface area contributed by atoms with E-state index in [4.69, 9.17) is 4.74 Å². The lowest BCUT2D eigenvalue weighted by Gasteiger charge is -2.52. The van der Waals surface area contributed by atoms with E-state index in [9.17, 15) is 9.59 Å². The minimum Gasteiger partial charge on any atom is -0.465 e. The fourth-order valence-corrected chi connectivity index (χ4v) is 5.10. The molecule has 0 aromatic carbocycles. The van der Waals surface area contributed by atoms with Gasteiger partial charge in [0.05, 0.1) is 11.4 Å². The number of esters is 1. The molecule has 5 heteroatoms. The average Bonchev–Trinajstić information content (AvgIpc) is 2.29. The predicted octanol–water partition coefficient (Wildman–Crippen LogP) is 1.62. The summed E-state index contributed by atoms with van der Waals surface area (Å²) in [4.78, 5) is 25.3. The minimum absolute atomic E-state index is 0.0984. The van der Waals surface area contributed by atoms with E-state index in [-0.39, 0.29) is 11.9 Å². The molecule has 0 radical (unpaired) electrons. The molecule has 0 aliphatic carbocycles. The molecule has 0 aromatic rings. The largest absolute Gasteiger partial charge is 0.465 e. The number of carbonyl (C=O) groups excluding carboxylic acids is 2. The third kappa shape index (κ3) is 2.82. The van der Waals surface area contributed by atoms with Crippen LogP contribution in [0.2, 0.25) is 0 Å². The van der Waals surface area contributed by atoms with Crippen LogP contribution in [-0.2, 0) is 14.3 Å². The van der Waals surface area contributed by atoms with Crippen molar-refractivity contribution >= 4 is 21.9 Å². The van der Waals surface area contributed by atoms with Crippen molar-refractivity contribution in [2.75, 3.05) is 37.5 Å². The maximum atomic E-state index is 12.1. The predicted molar refractivity (Wildman–Crippen MR) is 76.2 cm³/mol. The van der Waals surface area contributed by atoms with Crippen LogP contribution in [0, 0.1) is 0 Å². The van der Waals surface area contributed by atoms with Gasteiger partial charge >= 0.3 is 5.97 Å². The molecule has 1 heterocycles. The lowest BCUT2D eigenvalue weighted by molar-refractivity contribution is -0.145. The van der Waals surface area contributed by atoms with Gasteiger partial charge in [-0.25, -0.2) is 10.0 Å². The van der Waals surface area contributed by atoms with Gasteiger partial charge in [0.15, 0.2) is 0 Å². The van der Waals surface area contributed by atoms with Crippen LogP contribution >= 0.6 is 10.0 Å². The lowest BCUT2D eigenvalue weighted by atomic mass is 10.2. The molecule has 1 fully saturated rings. The van der Waals surface area contributed by atoms with E-state index in [2.05, 4.69) is 6.26 Å². The Morgan fingerprint density at radius 3 is 2.17 bits per heavy atom. The molecule has 1 aliphatic rings. The van der Waals surface area contributed by atoms with Crippen LogP contribution in [0.4, 0.5) is 0 Å². The zero-order valence-electron chi connectivity index (χ0n) is 12.1. The molecule has 18 heavy (non-hydrogen) atoms. The Hall–Kier alpha value is -0.710. The summed E-state index contributed by atoms with van der Waals surface area (Å²) >= 11 is 0. The first-order valence-electron chi connectivity index (χ1n) is 6.40. The van der Waals surface area contributed by atoms with Crippen molar-refractivity contribution in [3.63, 3.8) is 0 Å². The van der Waals surface area contributed by atoms with Gasteiger partial charge in [-0.1, -0.05) is 0 Å². The van der Waals surface area contributed by atoms with Gasteiger partial charge in [-0.15, -0.1) is 0 Å². The number of rotatable bonds is 3. The van der Waals surface area contributed by atoms with Crippen LogP contribution in [0.3, 0.4) is 0 Å². The zero-order chi connectivity index (χ0) is 14.0. The molecule has 0 N–H and O–H groups in total.